The minimum atomic E-state index is -4.64. The fraction of sp³-hybridized carbons (Fsp3) is 0.435. The molecule has 0 saturated carbocycles. The molecule has 7 nitrogen and oxygen atoms in total. The highest BCUT2D eigenvalue weighted by molar-refractivity contribution is 5.26. The van der Waals surface area contributed by atoms with Crippen LogP contribution in [0.25, 0.3) is 0 Å². The molecule has 176 valence electrons. The summed E-state index contributed by atoms with van der Waals surface area (Å²) in [6, 6.07) is 18.6. The van der Waals surface area contributed by atoms with E-state index >= 15 is 0 Å². The summed E-state index contributed by atoms with van der Waals surface area (Å²) < 4.78 is 47.7. The van der Waals surface area contributed by atoms with Gasteiger partial charge < -0.3 is 10.1 Å². The molecule has 2 N–H and O–H groups in total. The SMILES string of the molecule is CCCO[C@]1(c2ccccc2)NCC(n2nnnc2C(F)(F)F)C[C@@H]1NCc1ccccc1. The van der Waals surface area contributed by atoms with E-state index in [-0.39, 0.29) is 12.6 Å². The lowest BCUT2D eigenvalue weighted by Crippen LogP contribution is -2.64. The van der Waals surface area contributed by atoms with Gasteiger partial charge in [-0.3, -0.25) is 5.32 Å². The molecule has 1 saturated heterocycles. The summed E-state index contributed by atoms with van der Waals surface area (Å²) in [5.74, 6) is -1.10. The quantitative estimate of drug-likeness (QED) is 0.534. The summed E-state index contributed by atoms with van der Waals surface area (Å²) in [4.78, 5) is 0. The highest BCUT2D eigenvalue weighted by Gasteiger charge is 2.48. The van der Waals surface area contributed by atoms with Crippen LogP contribution in [0, 0.1) is 0 Å². The van der Waals surface area contributed by atoms with Crippen LogP contribution in [0.1, 0.15) is 42.8 Å². The van der Waals surface area contributed by atoms with E-state index in [9.17, 15) is 13.2 Å². The third-order valence-corrected chi connectivity index (χ3v) is 5.82. The summed E-state index contributed by atoms with van der Waals surface area (Å²) in [6.07, 6.45) is -3.49. The number of tetrazole rings is 1. The lowest BCUT2D eigenvalue weighted by molar-refractivity contribution is -0.152. The number of ether oxygens (including phenoxy) is 1. The Hall–Kier alpha value is -2.82. The summed E-state index contributed by atoms with van der Waals surface area (Å²) in [6.45, 7) is 3.27. The number of alkyl halides is 3. The maximum absolute atomic E-state index is 13.5. The molecule has 3 atom stereocenters. The van der Waals surface area contributed by atoms with Gasteiger partial charge in [-0.05, 0) is 28.8 Å². The van der Waals surface area contributed by atoms with E-state index in [2.05, 4.69) is 26.2 Å². The second kappa shape index (κ2) is 9.98. The Morgan fingerprint density at radius 1 is 1.12 bits per heavy atom. The molecule has 1 aliphatic heterocycles. The molecule has 33 heavy (non-hydrogen) atoms. The molecule has 2 aromatic carbocycles. The van der Waals surface area contributed by atoms with Crippen molar-refractivity contribution in [3.63, 3.8) is 0 Å². The van der Waals surface area contributed by atoms with Crippen molar-refractivity contribution in [3.8, 4) is 0 Å². The Morgan fingerprint density at radius 2 is 1.82 bits per heavy atom. The van der Waals surface area contributed by atoms with Crippen molar-refractivity contribution < 1.29 is 17.9 Å². The van der Waals surface area contributed by atoms with Crippen LogP contribution < -0.4 is 10.6 Å². The zero-order chi connectivity index (χ0) is 23.3. The Balaban J connectivity index is 1.68. The highest BCUT2D eigenvalue weighted by Crippen LogP contribution is 2.37. The Morgan fingerprint density at radius 3 is 2.48 bits per heavy atom. The van der Waals surface area contributed by atoms with E-state index in [1.165, 1.54) is 0 Å². The third-order valence-electron chi connectivity index (χ3n) is 5.82. The minimum absolute atomic E-state index is 0.218. The van der Waals surface area contributed by atoms with Crippen LogP contribution in [0.5, 0.6) is 0 Å². The topological polar surface area (TPSA) is 76.9 Å². The number of hydrogen-bond donors (Lipinski definition) is 2. The lowest BCUT2D eigenvalue weighted by atomic mass is 9.85. The van der Waals surface area contributed by atoms with Crippen molar-refractivity contribution in [1.29, 1.82) is 0 Å². The molecule has 1 aliphatic rings. The van der Waals surface area contributed by atoms with Gasteiger partial charge in [0, 0.05) is 25.3 Å². The molecule has 1 aromatic heterocycles. The molecular weight excluding hydrogens is 433 g/mol. The van der Waals surface area contributed by atoms with Crippen LogP contribution in [0.3, 0.4) is 0 Å². The van der Waals surface area contributed by atoms with E-state index in [1.54, 1.807) is 0 Å². The molecule has 0 radical (unpaired) electrons. The summed E-state index contributed by atoms with van der Waals surface area (Å²) >= 11 is 0. The molecule has 3 aromatic rings. The normalized spacial score (nSPS) is 23.5. The lowest BCUT2D eigenvalue weighted by Gasteiger charge is -2.47. The van der Waals surface area contributed by atoms with E-state index in [0.29, 0.717) is 19.6 Å². The van der Waals surface area contributed by atoms with E-state index in [4.69, 9.17) is 4.74 Å². The van der Waals surface area contributed by atoms with Crippen molar-refractivity contribution in [2.24, 2.45) is 0 Å². The van der Waals surface area contributed by atoms with Crippen LogP contribution in [0.15, 0.2) is 60.7 Å². The van der Waals surface area contributed by atoms with Crippen molar-refractivity contribution in [2.45, 2.75) is 50.3 Å². The molecule has 0 spiro atoms. The number of nitrogens with one attached hydrogen (secondary N) is 2. The van der Waals surface area contributed by atoms with Crippen molar-refractivity contribution >= 4 is 0 Å². The second-order valence-electron chi connectivity index (χ2n) is 8.08. The number of halogens is 3. The monoisotopic (exact) mass is 460 g/mol. The average Bonchev–Trinajstić information content (AvgIpc) is 3.34. The molecule has 0 bridgehead atoms. The van der Waals surface area contributed by atoms with E-state index < -0.39 is 23.8 Å². The van der Waals surface area contributed by atoms with Gasteiger partial charge in [-0.2, -0.15) is 13.2 Å². The Labute approximate surface area is 190 Å². The van der Waals surface area contributed by atoms with Gasteiger partial charge in [0.15, 0.2) is 5.72 Å². The summed E-state index contributed by atoms with van der Waals surface area (Å²) in [5, 5.41) is 17.1. The van der Waals surface area contributed by atoms with Crippen molar-refractivity contribution in [2.75, 3.05) is 13.2 Å². The highest BCUT2D eigenvalue weighted by atomic mass is 19.4. The number of benzene rings is 2. The maximum Gasteiger partial charge on any atom is 0.453 e. The number of aromatic nitrogens is 4. The van der Waals surface area contributed by atoms with Crippen LogP contribution >= 0.6 is 0 Å². The van der Waals surface area contributed by atoms with Gasteiger partial charge in [0.1, 0.15) is 0 Å². The molecule has 1 unspecified atom stereocenters. The van der Waals surface area contributed by atoms with E-state index in [0.717, 1.165) is 22.2 Å². The summed E-state index contributed by atoms with van der Waals surface area (Å²) in [7, 11) is 0. The first-order valence-corrected chi connectivity index (χ1v) is 11.0. The van der Waals surface area contributed by atoms with Gasteiger partial charge in [0.25, 0.3) is 5.82 Å². The van der Waals surface area contributed by atoms with Gasteiger partial charge in [0.05, 0.1) is 12.1 Å². The first-order valence-electron chi connectivity index (χ1n) is 11.0. The fourth-order valence-corrected chi connectivity index (χ4v) is 4.28. The number of rotatable bonds is 8. The largest absolute Gasteiger partial charge is 0.453 e. The van der Waals surface area contributed by atoms with Crippen LogP contribution in [-0.2, 0) is 23.2 Å². The molecule has 4 rings (SSSR count). The zero-order valence-corrected chi connectivity index (χ0v) is 18.3. The van der Waals surface area contributed by atoms with Crippen molar-refractivity contribution in [1.82, 2.24) is 30.8 Å². The number of nitrogens with zero attached hydrogens (tertiary/aromatic N) is 4. The summed E-state index contributed by atoms with van der Waals surface area (Å²) in [5.41, 5.74) is 1.07. The van der Waals surface area contributed by atoms with Gasteiger partial charge in [0.2, 0.25) is 0 Å². The fourth-order valence-electron chi connectivity index (χ4n) is 4.28. The van der Waals surface area contributed by atoms with Gasteiger partial charge in [-0.25, -0.2) is 4.68 Å². The van der Waals surface area contributed by atoms with Gasteiger partial charge >= 0.3 is 6.18 Å². The first kappa shape index (κ1) is 23.3. The average molecular weight is 461 g/mol. The molecule has 0 amide bonds. The molecule has 2 heterocycles. The van der Waals surface area contributed by atoms with E-state index in [1.807, 2.05) is 67.6 Å². The zero-order valence-electron chi connectivity index (χ0n) is 18.3. The molecule has 1 fully saturated rings. The third kappa shape index (κ3) is 5.07. The standard InChI is InChI=1S/C23H27F3N6O/c1-2-13-33-22(18-11-7-4-8-12-18)20(27-15-17-9-5-3-6-10-17)14-19(16-28-22)32-21(23(24,25)26)29-30-31-32/h3-12,19-20,27-28H,2,13-16H2,1H3/t19?,20-,22-/m0/s1. The first-order chi connectivity index (χ1) is 15.9. The maximum atomic E-state index is 13.5. The van der Waals surface area contributed by atoms with Gasteiger partial charge in [-0.15, -0.1) is 5.10 Å². The molecule has 10 heteroatoms. The molecular formula is C23H27F3N6O. The predicted octanol–water partition coefficient (Wildman–Crippen LogP) is 3.66. The molecule has 0 aliphatic carbocycles. The number of piperidine rings is 1. The minimum Gasteiger partial charge on any atom is -0.355 e. The van der Waals surface area contributed by atoms with Gasteiger partial charge in [-0.1, -0.05) is 67.6 Å². The Bertz CT molecular complexity index is 1010. The Kier molecular flexibility index (Phi) is 7.06. The van der Waals surface area contributed by atoms with Crippen molar-refractivity contribution in [3.05, 3.63) is 77.6 Å². The van der Waals surface area contributed by atoms with Crippen LogP contribution in [-0.4, -0.2) is 39.4 Å². The van der Waals surface area contributed by atoms with Crippen LogP contribution in [0.2, 0.25) is 0 Å². The second-order valence-corrected chi connectivity index (χ2v) is 8.08. The number of hydrogen-bond acceptors (Lipinski definition) is 6. The smallest absolute Gasteiger partial charge is 0.355 e. The predicted molar refractivity (Wildman–Crippen MR) is 116 cm³/mol. The van der Waals surface area contributed by atoms with Crippen LogP contribution in [0.4, 0.5) is 13.2 Å².